The first-order valence-electron chi connectivity index (χ1n) is 8.40. The number of benzene rings is 2. The van der Waals surface area contributed by atoms with E-state index in [9.17, 15) is 14.9 Å². The predicted molar refractivity (Wildman–Crippen MR) is 97.8 cm³/mol. The van der Waals surface area contributed by atoms with E-state index in [1.54, 1.807) is 18.2 Å². The maximum atomic E-state index is 12.5. The van der Waals surface area contributed by atoms with Crippen molar-refractivity contribution in [3.8, 4) is 0 Å². The lowest BCUT2D eigenvalue weighted by atomic mass is 9.95. The fraction of sp³-hybridized carbons (Fsp3) is 0.316. The van der Waals surface area contributed by atoms with Gasteiger partial charge in [0.05, 0.1) is 4.92 Å². The van der Waals surface area contributed by atoms with Crippen molar-refractivity contribution in [2.45, 2.75) is 19.8 Å². The van der Waals surface area contributed by atoms with Crippen molar-refractivity contribution in [1.82, 2.24) is 0 Å². The number of carbonyl (C=O) groups excluding carboxylic acids is 1. The number of carbonyl (C=O) groups is 1. The van der Waals surface area contributed by atoms with Crippen molar-refractivity contribution in [3.05, 3.63) is 64.2 Å². The summed E-state index contributed by atoms with van der Waals surface area (Å²) >= 11 is 0. The number of hydrogen-bond donors (Lipinski definition) is 1. The average molecular weight is 339 g/mol. The summed E-state index contributed by atoms with van der Waals surface area (Å²) < 4.78 is 0. The van der Waals surface area contributed by atoms with Crippen molar-refractivity contribution in [2.75, 3.05) is 23.3 Å². The van der Waals surface area contributed by atoms with E-state index in [0.29, 0.717) is 31.6 Å². The SMILES string of the molecule is Cc1cccc(NC(=O)C2CCN(c3ccccc3[N+](=O)[O-])CC2)c1. The minimum absolute atomic E-state index is 0.0211. The largest absolute Gasteiger partial charge is 0.366 e. The van der Waals surface area contributed by atoms with E-state index in [1.807, 2.05) is 36.1 Å². The number of aryl methyl sites for hydroxylation is 1. The molecule has 3 rings (SSSR count). The summed E-state index contributed by atoms with van der Waals surface area (Å²) in [7, 11) is 0. The van der Waals surface area contributed by atoms with Crippen LogP contribution in [0.2, 0.25) is 0 Å². The second-order valence-corrected chi connectivity index (χ2v) is 6.37. The number of para-hydroxylation sites is 2. The van der Waals surface area contributed by atoms with Gasteiger partial charge in [-0.3, -0.25) is 14.9 Å². The summed E-state index contributed by atoms with van der Waals surface area (Å²) in [5.41, 5.74) is 2.66. The van der Waals surface area contributed by atoms with Crippen LogP contribution in [-0.2, 0) is 4.79 Å². The van der Waals surface area contributed by atoms with E-state index in [-0.39, 0.29) is 22.4 Å². The van der Waals surface area contributed by atoms with Gasteiger partial charge in [0.15, 0.2) is 0 Å². The Morgan fingerprint density at radius 1 is 1.16 bits per heavy atom. The molecule has 25 heavy (non-hydrogen) atoms. The van der Waals surface area contributed by atoms with Crippen molar-refractivity contribution in [1.29, 1.82) is 0 Å². The highest BCUT2D eigenvalue weighted by Crippen LogP contribution is 2.31. The van der Waals surface area contributed by atoms with Gasteiger partial charge >= 0.3 is 0 Å². The first-order chi connectivity index (χ1) is 12.0. The summed E-state index contributed by atoms with van der Waals surface area (Å²) in [4.78, 5) is 25.3. The van der Waals surface area contributed by atoms with Crippen LogP contribution < -0.4 is 10.2 Å². The summed E-state index contributed by atoms with van der Waals surface area (Å²) in [6.45, 7) is 3.26. The minimum atomic E-state index is -0.355. The van der Waals surface area contributed by atoms with Crippen LogP contribution in [0.25, 0.3) is 0 Å². The molecule has 0 spiro atoms. The van der Waals surface area contributed by atoms with E-state index < -0.39 is 0 Å². The Morgan fingerprint density at radius 3 is 2.56 bits per heavy atom. The van der Waals surface area contributed by atoms with Gasteiger partial charge < -0.3 is 10.2 Å². The highest BCUT2D eigenvalue weighted by atomic mass is 16.6. The number of hydrogen-bond acceptors (Lipinski definition) is 4. The molecule has 6 heteroatoms. The molecule has 0 radical (unpaired) electrons. The molecule has 0 aliphatic carbocycles. The molecule has 1 fully saturated rings. The number of nitro benzene ring substituents is 1. The Kier molecular flexibility index (Phi) is 4.97. The number of amides is 1. The first kappa shape index (κ1) is 17.0. The fourth-order valence-corrected chi connectivity index (χ4v) is 3.24. The highest BCUT2D eigenvalue weighted by Gasteiger charge is 2.28. The van der Waals surface area contributed by atoms with Crippen LogP contribution in [0.3, 0.4) is 0 Å². The molecule has 2 aromatic carbocycles. The zero-order valence-electron chi connectivity index (χ0n) is 14.1. The lowest BCUT2D eigenvalue weighted by molar-refractivity contribution is -0.384. The molecule has 2 aromatic rings. The molecule has 6 nitrogen and oxygen atoms in total. The molecule has 1 aliphatic rings. The Bertz CT molecular complexity index is 783. The van der Waals surface area contributed by atoms with Crippen LogP contribution in [0.15, 0.2) is 48.5 Å². The van der Waals surface area contributed by atoms with Gasteiger partial charge in [0.25, 0.3) is 5.69 Å². The lowest BCUT2D eigenvalue weighted by Crippen LogP contribution is -2.38. The molecule has 1 aliphatic heterocycles. The molecule has 1 heterocycles. The van der Waals surface area contributed by atoms with Gasteiger partial charge in [0, 0.05) is 30.8 Å². The third kappa shape index (κ3) is 3.96. The standard InChI is InChI=1S/C19H21N3O3/c1-14-5-4-6-16(13-14)20-19(23)15-9-11-21(12-10-15)17-7-2-3-8-18(17)22(24)25/h2-8,13,15H,9-12H2,1H3,(H,20,23). The van der Waals surface area contributed by atoms with Crippen molar-refractivity contribution < 1.29 is 9.72 Å². The Hall–Kier alpha value is -2.89. The molecular weight excluding hydrogens is 318 g/mol. The zero-order chi connectivity index (χ0) is 17.8. The molecule has 1 amide bonds. The van der Waals surface area contributed by atoms with E-state index in [4.69, 9.17) is 0 Å². The lowest BCUT2D eigenvalue weighted by Gasteiger charge is -2.32. The topological polar surface area (TPSA) is 75.5 Å². The van der Waals surface area contributed by atoms with Gasteiger partial charge in [-0.15, -0.1) is 0 Å². The number of nitro groups is 1. The minimum Gasteiger partial charge on any atom is -0.366 e. The number of anilines is 2. The van der Waals surface area contributed by atoms with Crippen molar-refractivity contribution in [2.24, 2.45) is 5.92 Å². The first-order valence-corrected chi connectivity index (χ1v) is 8.40. The van der Waals surface area contributed by atoms with Gasteiger partial charge in [-0.2, -0.15) is 0 Å². The van der Waals surface area contributed by atoms with E-state index in [0.717, 1.165) is 11.3 Å². The molecule has 0 atom stereocenters. The Labute approximate surface area is 146 Å². The maximum Gasteiger partial charge on any atom is 0.292 e. The van der Waals surface area contributed by atoms with Gasteiger partial charge in [0.2, 0.25) is 5.91 Å². The molecule has 0 bridgehead atoms. The summed E-state index contributed by atoms with van der Waals surface area (Å²) in [6.07, 6.45) is 1.37. The monoisotopic (exact) mass is 339 g/mol. The van der Waals surface area contributed by atoms with Gasteiger partial charge in [-0.05, 0) is 43.5 Å². The van der Waals surface area contributed by atoms with Crippen LogP contribution in [0, 0.1) is 23.0 Å². The highest BCUT2D eigenvalue weighted by molar-refractivity contribution is 5.92. The third-order valence-corrected chi connectivity index (χ3v) is 4.57. The zero-order valence-corrected chi connectivity index (χ0v) is 14.1. The van der Waals surface area contributed by atoms with Gasteiger partial charge in [-0.25, -0.2) is 0 Å². The van der Waals surface area contributed by atoms with Crippen LogP contribution in [0.4, 0.5) is 17.1 Å². The third-order valence-electron chi connectivity index (χ3n) is 4.57. The molecule has 0 saturated carbocycles. The fourth-order valence-electron chi connectivity index (χ4n) is 3.24. The normalized spacial score (nSPS) is 15.0. The molecule has 0 unspecified atom stereocenters. The summed E-state index contributed by atoms with van der Waals surface area (Å²) in [5, 5.41) is 14.2. The summed E-state index contributed by atoms with van der Waals surface area (Å²) in [6, 6.07) is 14.5. The van der Waals surface area contributed by atoms with Gasteiger partial charge in [-0.1, -0.05) is 24.3 Å². The van der Waals surface area contributed by atoms with Crippen LogP contribution >= 0.6 is 0 Å². The molecular formula is C19H21N3O3. The second kappa shape index (κ2) is 7.34. The van der Waals surface area contributed by atoms with E-state index in [1.165, 1.54) is 6.07 Å². The quantitative estimate of drug-likeness (QED) is 0.680. The average Bonchev–Trinajstić information content (AvgIpc) is 2.62. The van der Waals surface area contributed by atoms with Crippen LogP contribution in [0.1, 0.15) is 18.4 Å². The Balaban J connectivity index is 1.62. The van der Waals surface area contributed by atoms with Gasteiger partial charge in [0.1, 0.15) is 5.69 Å². The smallest absolute Gasteiger partial charge is 0.292 e. The number of rotatable bonds is 4. The molecule has 130 valence electrons. The molecule has 0 aromatic heterocycles. The Morgan fingerprint density at radius 2 is 1.88 bits per heavy atom. The second-order valence-electron chi connectivity index (χ2n) is 6.37. The number of nitrogens with one attached hydrogen (secondary N) is 1. The van der Waals surface area contributed by atoms with Crippen molar-refractivity contribution >= 4 is 23.0 Å². The van der Waals surface area contributed by atoms with Crippen LogP contribution in [0.5, 0.6) is 0 Å². The van der Waals surface area contributed by atoms with Crippen LogP contribution in [-0.4, -0.2) is 23.9 Å². The number of piperidine rings is 1. The molecule has 1 saturated heterocycles. The van der Waals surface area contributed by atoms with Crippen molar-refractivity contribution in [3.63, 3.8) is 0 Å². The number of nitrogens with zero attached hydrogens (tertiary/aromatic N) is 2. The maximum absolute atomic E-state index is 12.5. The predicted octanol–water partition coefficient (Wildman–Crippen LogP) is 3.76. The van der Waals surface area contributed by atoms with E-state index in [2.05, 4.69) is 5.32 Å². The van der Waals surface area contributed by atoms with E-state index >= 15 is 0 Å². The molecule has 1 N–H and O–H groups in total. The summed E-state index contributed by atoms with van der Waals surface area (Å²) in [5.74, 6) is -0.0488.